The third-order valence-electron chi connectivity index (χ3n) is 5.19. The fraction of sp³-hybridized carbons (Fsp3) is 0.350. The molecule has 1 fully saturated rings. The van der Waals surface area contributed by atoms with Crippen LogP contribution < -0.4 is 9.64 Å². The Morgan fingerprint density at radius 2 is 1.85 bits per heavy atom. The Labute approximate surface area is 152 Å². The average molecular weight is 357 g/mol. The van der Waals surface area contributed by atoms with Crippen molar-refractivity contribution in [2.24, 2.45) is 0 Å². The summed E-state index contributed by atoms with van der Waals surface area (Å²) in [6.45, 7) is 4.89. The van der Waals surface area contributed by atoms with E-state index in [-0.39, 0.29) is 5.75 Å². The Balaban J connectivity index is 2.12. The number of ether oxygens (including phenoxy) is 1. The maximum atomic E-state index is 12.7. The van der Waals surface area contributed by atoms with Crippen LogP contribution in [0.1, 0.15) is 28.3 Å². The van der Waals surface area contributed by atoms with Crippen molar-refractivity contribution in [3.8, 4) is 11.5 Å². The number of nitrogens with zero attached hydrogens (tertiary/aromatic N) is 1. The van der Waals surface area contributed by atoms with Crippen molar-refractivity contribution < 1.29 is 24.9 Å². The molecule has 2 atom stereocenters. The van der Waals surface area contributed by atoms with Gasteiger partial charge < -0.3 is 20.1 Å². The number of aryl methyl sites for hydroxylation is 2. The lowest BCUT2D eigenvalue weighted by Gasteiger charge is -2.52. The molecule has 2 aromatic rings. The number of phenolic OH excluding ortho intramolecular Hbond substituents is 1. The van der Waals surface area contributed by atoms with Gasteiger partial charge in [-0.05, 0) is 55.2 Å². The van der Waals surface area contributed by atoms with Gasteiger partial charge in [-0.2, -0.15) is 0 Å². The lowest BCUT2D eigenvalue weighted by atomic mass is 9.77. The standard InChI is InChI=1S/C20H23NO5/c1-11-5-6-14(8-16(11)23)18-20(25,10-22)19(24)21(18)15-7-12(2)13(3)17(9-15)26-4/h5-9,18,22-23,25H,10H2,1-4H3/t18-,20-/m0/s1. The van der Waals surface area contributed by atoms with Crippen molar-refractivity contribution in [1.82, 2.24) is 0 Å². The third kappa shape index (κ3) is 2.53. The molecule has 6 heteroatoms. The number of hydrogen-bond acceptors (Lipinski definition) is 5. The third-order valence-corrected chi connectivity index (χ3v) is 5.19. The molecule has 1 saturated heterocycles. The van der Waals surface area contributed by atoms with Crippen LogP contribution >= 0.6 is 0 Å². The molecule has 0 aliphatic carbocycles. The van der Waals surface area contributed by atoms with E-state index in [9.17, 15) is 20.1 Å². The zero-order valence-electron chi connectivity index (χ0n) is 15.3. The van der Waals surface area contributed by atoms with Gasteiger partial charge in [-0.1, -0.05) is 12.1 Å². The highest BCUT2D eigenvalue weighted by molar-refractivity contribution is 6.08. The fourth-order valence-electron chi connectivity index (χ4n) is 3.39. The molecule has 1 amide bonds. The van der Waals surface area contributed by atoms with Gasteiger partial charge in [0.05, 0.1) is 13.7 Å². The van der Waals surface area contributed by atoms with Crippen LogP contribution in [-0.2, 0) is 4.79 Å². The van der Waals surface area contributed by atoms with Crippen molar-refractivity contribution in [2.45, 2.75) is 32.4 Å². The molecule has 1 heterocycles. The molecular formula is C20H23NO5. The summed E-state index contributed by atoms with van der Waals surface area (Å²) in [5.74, 6) is 0.118. The Bertz CT molecular complexity index is 879. The maximum absolute atomic E-state index is 12.7. The number of aromatic hydroxyl groups is 1. The number of aliphatic hydroxyl groups excluding tert-OH is 1. The van der Waals surface area contributed by atoms with Gasteiger partial charge in [0.25, 0.3) is 5.91 Å². The van der Waals surface area contributed by atoms with Gasteiger partial charge in [0, 0.05) is 11.8 Å². The minimum Gasteiger partial charge on any atom is -0.508 e. The quantitative estimate of drug-likeness (QED) is 0.730. The Kier molecular flexibility index (Phi) is 4.42. The van der Waals surface area contributed by atoms with Gasteiger partial charge in [0.2, 0.25) is 0 Å². The van der Waals surface area contributed by atoms with Crippen LogP contribution in [0.15, 0.2) is 30.3 Å². The molecule has 1 aliphatic rings. The second-order valence-corrected chi connectivity index (χ2v) is 6.80. The molecule has 3 rings (SSSR count). The van der Waals surface area contributed by atoms with Gasteiger partial charge in [0.15, 0.2) is 5.60 Å². The minimum atomic E-state index is -1.92. The van der Waals surface area contributed by atoms with Crippen molar-refractivity contribution in [2.75, 3.05) is 18.6 Å². The Hall–Kier alpha value is -2.57. The topological polar surface area (TPSA) is 90.2 Å². The molecule has 2 aromatic carbocycles. The SMILES string of the molecule is COc1cc(N2C(=O)[C@](O)(CO)[C@@H]2c2ccc(C)c(O)c2)cc(C)c1C. The van der Waals surface area contributed by atoms with Crippen LogP contribution in [0, 0.1) is 20.8 Å². The number of hydrogen-bond donors (Lipinski definition) is 3. The van der Waals surface area contributed by atoms with E-state index in [1.807, 2.05) is 19.9 Å². The van der Waals surface area contributed by atoms with Gasteiger partial charge in [-0.3, -0.25) is 9.69 Å². The van der Waals surface area contributed by atoms with Gasteiger partial charge in [-0.25, -0.2) is 0 Å². The summed E-state index contributed by atoms with van der Waals surface area (Å²) in [5.41, 5.74) is 1.78. The highest BCUT2D eigenvalue weighted by Crippen LogP contribution is 2.48. The zero-order valence-corrected chi connectivity index (χ0v) is 15.3. The van der Waals surface area contributed by atoms with Gasteiger partial charge >= 0.3 is 0 Å². The zero-order chi connectivity index (χ0) is 19.2. The second kappa shape index (κ2) is 6.30. The van der Waals surface area contributed by atoms with E-state index in [1.165, 1.54) is 11.0 Å². The number of anilines is 1. The van der Waals surface area contributed by atoms with Crippen molar-refractivity contribution in [1.29, 1.82) is 0 Å². The summed E-state index contributed by atoms with van der Waals surface area (Å²) in [6, 6.07) is 7.73. The molecule has 0 radical (unpaired) electrons. The van der Waals surface area contributed by atoms with E-state index in [4.69, 9.17) is 4.74 Å². The van der Waals surface area contributed by atoms with E-state index < -0.39 is 24.2 Å². The summed E-state index contributed by atoms with van der Waals surface area (Å²) in [4.78, 5) is 14.1. The minimum absolute atomic E-state index is 0.0692. The number of carbonyl (C=O) groups is 1. The van der Waals surface area contributed by atoms with E-state index in [0.29, 0.717) is 22.6 Å². The number of amides is 1. The highest BCUT2D eigenvalue weighted by Gasteiger charge is 2.61. The van der Waals surface area contributed by atoms with E-state index in [1.54, 1.807) is 32.2 Å². The van der Waals surface area contributed by atoms with Crippen LogP contribution in [-0.4, -0.2) is 40.5 Å². The first-order valence-corrected chi connectivity index (χ1v) is 8.36. The molecule has 0 aromatic heterocycles. The predicted molar refractivity (Wildman–Crippen MR) is 97.6 cm³/mol. The van der Waals surface area contributed by atoms with Crippen LogP contribution in [0.2, 0.25) is 0 Å². The number of carbonyl (C=O) groups excluding carboxylic acids is 1. The monoisotopic (exact) mass is 357 g/mol. The molecule has 138 valence electrons. The Morgan fingerprint density at radius 1 is 1.15 bits per heavy atom. The summed E-state index contributed by atoms with van der Waals surface area (Å²) in [6.07, 6.45) is 0. The largest absolute Gasteiger partial charge is 0.508 e. The molecule has 6 nitrogen and oxygen atoms in total. The van der Waals surface area contributed by atoms with E-state index >= 15 is 0 Å². The predicted octanol–water partition coefficient (Wildman–Crippen LogP) is 2.14. The molecule has 3 N–H and O–H groups in total. The van der Waals surface area contributed by atoms with Crippen molar-refractivity contribution >= 4 is 11.6 Å². The molecule has 0 unspecified atom stereocenters. The summed E-state index contributed by atoms with van der Waals surface area (Å²) < 4.78 is 5.38. The number of aliphatic hydroxyl groups is 2. The Morgan fingerprint density at radius 3 is 2.42 bits per heavy atom. The van der Waals surface area contributed by atoms with Crippen LogP contribution in [0.3, 0.4) is 0 Å². The first kappa shape index (κ1) is 18.2. The normalized spacial score (nSPS) is 22.3. The molecular weight excluding hydrogens is 334 g/mol. The highest BCUT2D eigenvalue weighted by atomic mass is 16.5. The summed E-state index contributed by atoms with van der Waals surface area (Å²) in [5, 5.41) is 30.4. The van der Waals surface area contributed by atoms with Crippen LogP contribution in [0.4, 0.5) is 5.69 Å². The van der Waals surface area contributed by atoms with Gasteiger partial charge in [0.1, 0.15) is 17.5 Å². The van der Waals surface area contributed by atoms with E-state index in [0.717, 1.165) is 11.1 Å². The number of benzene rings is 2. The molecule has 0 saturated carbocycles. The summed E-state index contributed by atoms with van der Waals surface area (Å²) in [7, 11) is 1.56. The maximum Gasteiger partial charge on any atom is 0.264 e. The molecule has 1 aliphatic heterocycles. The molecule has 0 spiro atoms. The van der Waals surface area contributed by atoms with Gasteiger partial charge in [-0.15, -0.1) is 0 Å². The lowest BCUT2D eigenvalue weighted by Crippen LogP contribution is -2.70. The second-order valence-electron chi connectivity index (χ2n) is 6.80. The van der Waals surface area contributed by atoms with Crippen LogP contribution in [0.25, 0.3) is 0 Å². The fourth-order valence-corrected chi connectivity index (χ4v) is 3.39. The number of methoxy groups -OCH3 is 1. The number of β-lactam (4-membered cyclic amide) rings is 1. The summed E-state index contributed by atoms with van der Waals surface area (Å²) >= 11 is 0. The first-order valence-electron chi connectivity index (χ1n) is 8.36. The first-order chi connectivity index (χ1) is 12.2. The molecule has 0 bridgehead atoms. The average Bonchev–Trinajstić information content (AvgIpc) is 2.63. The van der Waals surface area contributed by atoms with E-state index in [2.05, 4.69) is 0 Å². The molecule has 26 heavy (non-hydrogen) atoms. The van der Waals surface area contributed by atoms with Crippen LogP contribution in [0.5, 0.6) is 11.5 Å². The van der Waals surface area contributed by atoms with Crippen molar-refractivity contribution in [3.05, 3.63) is 52.6 Å². The van der Waals surface area contributed by atoms with Crippen molar-refractivity contribution in [3.63, 3.8) is 0 Å². The number of rotatable bonds is 4. The lowest BCUT2D eigenvalue weighted by molar-refractivity contribution is -0.160. The smallest absolute Gasteiger partial charge is 0.264 e. The number of phenols is 1.